The molecule has 0 aliphatic heterocycles. The smallest absolute Gasteiger partial charge is 0.317 e. The molecule has 0 heterocycles. The Labute approximate surface area is 102 Å². The van der Waals surface area contributed by atoms with Gasteiger partial charge in [-0.3, -0.25) is 19.7 Å². The molecule has 0 N–H and O–H groups in total. The normalized spacial score (nSPS) is 9.61. The van der Waals surface area contributed by atoms with E-state index in [1.165, 1.54) is 31.4 Å². The average Bonchev–Trinajstić information content (AvgIpc) is 2.36. The quantitative estimate of drug-likeness (QED) is 0.338. The molecule has 0 aliphatic rings. The number of rotatable bonds is 5. The number of nitro benzene ring substituents is 1. The summed E-state index contributed by atoms with van der Waals surface area (Å²) in [5, 5.41) is 10.4. The number of hydrogen-bond acceptors (Lipinski definition) is 6. The number of hydrogen-bond donors (Lipinski definition) is 0. The van der Waals surface area contributed by atoms with Gasteiger partial charge in [0, 0.05) is 12.1 Å². The van der Waals surface area contributed by atoms with Crippen molar-refractivity contribution in [1.82, 2.24) is 0 Å². The summed E-state index contributed by atoms with van der Waals surface area (Å²) in [6, 6.07) is 5.57. The second-order valence-electron chi connectivity index (χ2n) is 3.34. The highest BCUT2D eigenvalue weighted by molar-refractivity contribution is 5.91. The minimum atomic E-state index is -0.708. The van der Waals surface area contributed by atoms with Gasteiger partial charge in [0.25, 0.3) is 5.69 Å². The summed E-state index contributed by atoms with van der Waals surface area (Å²) in [6.07, 6.45) is -0.455. The van der Waals surface area contributed by atoms with E-state index in [1.807, 2.05) is 0 Å². The first-order valence-electron chi connectivity index (χ1n) is 4.98. The van der Waals surface area contributed by atoms with Crippen molar-refractivity contribution in [2.75, 3.05) is 7.11 Å². The molecule has 0 aliphatic carbocycles. The van der Waals surface area contributed by atoms with Crippen molar-refractivity contribution in [1.29, 1.82) is 0 Å². The van der Waals surface area contributed by atoms with Gasteiger partial charge < -0.3 is 9.47 Å². The predicted molar refractivity (Wildman–Crippen MR) is 59.5 cm³/mol. The first kappa shape index (κ1) is 13.6. The van der Waals surface area contributed by atoms with Crippen LogP contribution >= 0.6 is 0 Å². The first-order chi connectivity index (χ1) is 8.52. The van der Waals surface area contributed by atoms with Gasteiger partial charge in [-0.05, 0) is 17.7 Å². The Morgan fingerprint density at radius 3 is 2.33 bits per heavy atom. The minimum absolute atomic E-state index is 0.0420. The van der Waals surface area contributed by atoms with Crippen LogP contribution in [-0.2, 0) is 25.7 Å². The van der Waals surface area contributed by atoms with Crippen molar-refractivity contribution in [2.45, 2.75) is 13.0 Å². The lowest BCUT2D eigenvalue weighted by molar-refractivity contribution is -0.384. The third-order valence-electron chi connectivity index (χ3n) is 2.06. The van der Waals surface area contributed by atoms with Gasteiger partial charge in [-0.2, -0.15) is 0 Å². The standard InChI is InChI=1S/C11H11NO6/c1-17-10(13)6-11(14)18-7-8-2-4-9(5-3-8)12(15)16/h2-5H,6-7H2,1H3. The van der Waals surface area contributed by atoms with Gasteiger partial charge in [0.15, 0.2) is 0 Å². The predicted octanol–water partition coefficient (Wildman–Crippen LogP) is 1.20. The van der Waals surface area contributed by atoms with Crippen molar-refractivity contribution >= 4 is 17.6 Å². The zero-order valence-corrected chi connectivity index (χ0v) is 9.62. The maximum atomic E-state index is 11.1. The zero-order valence-electron chi connectivity index (χ0n) is 9.62. The number of ether oxygens (including phenoxy) is 2. The number of nitrogens with zero attached hydrogens (tertiary/aromatic N) is 1. The summed E-state index contributed by atoms with van der Waals surface area (Å²) in [6.45, 7) is -0.0478. The molecule has 0 radical (unpaired) electrons. The summed E-state index contributed by atoms with van der Waals surface area (Å²) in [5.41, 5.74) is 0.554. The Bertz CT molecular complexity index is 453. The Morgan fingerprint density at radius 2 is 1.83 bits per heavy atom. The average molecular weight is 253 g/mol. The lowest BCUT2D eigenvalue weighted by atomic mass is 10.2. The zero-order chi connectivity index (χ0) is 13.5. The van der Waals surface area contributed by atoms with E-state index in [0.717, 1.165) is 0 Å². The summed E-state index contributed by atoms with van der Waals surface area (Å²) in [4.78, 5) is 31.8. The Hall–Kier alpha value is -2.44. The van der Waals surface area contributed by atoms with Crippen LogP contribution in [0.5, 0.6) is 0 Å². The molecule has 0 aromatic heterocycles. The van der Waals surface area contributed by atoms with Crippen LogP contribution in [0.15, 0.2) is 24.3 Å². The number of carbonyl (C=O) groups excluding carboxylic acids is 2. The maximum Gasteiger partial charge on any atom is 0.317 e. The van der Waals surface area contributed by atoms with Crippen LogP contribution in [0, 0.1) is 10.1 Å². The van der Waals surface area contributed by atoms with E-state index in [1.54, 1.807) is 0 Å². The largest absolute Gasteiger partial charge is 0.469 e. The van der Waals surface area contributed by atoms with Crippen molar-refractivity contribution in [3.8, 4) is 0 Å². The molecule has 1 aromatic rings. The maximum absolute atomic E-state index is 11.1. The van der Waals surface area contributed by atoms with Gasteiger partial charge in [-0.1, -0.05) is 0 Å². The Balaban J connectivity index is 2.46. The summed E-state index contributed by atoms with van der Waals surface area (Å²) >= 11 is 0. The molecule has 0 bridgehead atoms. The lowest BCUT2D eigenvalue weighted by Gasteiger charge is -2.03. The number of non-ortho nitro benzene ring substituents is 1. The molecule has 1 aromatic carbocycles. The van der Waals surface area contributed by atoms with Crippen LogP contribution in [0.2, 0.25) is 0 Å². The minimum Gasteiger partial charge on any atom is -0.469 e. The van der Waals surface area contributed by atoms with Crippen molar-refractivity contribution < 1.29 is 24.0 Å². The van der Waals surface area contributed by atoms with Crippen LogP contribution in [0.1, 0.15) is 12.0 Å². The summed E-state index contributed by atoms with van der Waals surface area (Å²) < 4.78 is 9.09. The monoisotopic (exact) mass is 253 g/mol. The first-order valence-corrected chi connectivity index (χ1v) is 4.98. The van der Waals surface area contributed by atoms with Crippen LogP contribution in [0.3, 0.4) is 0 Å². The molecule has 0 amide bonds. The van der Waals surface area contributed by atoms with Gasteiger partial charge >= 0.3 is 11.9 Å². The highest BCUT2D eigenvalue weighted by atomic mass is 16.6. The fourth-order valence-corrected chi connectivity index (χ4v) is 1.12. The third-order valence-corrected chi connectivity index (χ3v) is 2.06. The number of methoxy groups -OCH3 is 1. The molecular weight excluding hydrogens is 242 g/mol. The molecule has 1 rings (SSSR count). The number of carbonyl (C=O) groups is 2. The molecule has 7 heteroatoms. The fraction of sp³-hybridized carbons (Fsp3) is 0.273. The Kier molecular flexibility index (Phi) is 4.79. The van der Waals surface area contributed by atoms with Crippen LogP contribution in [0.4, 0.5) is 5.69 Å². The highest BCUT2D eigenvalue weighted by Gasteiger charge is 2.11. The van der Waals surface area contributed by atoms with E-state index in [-0.39, 0.29) is 12.3 Å². The SMILES string of the molecule is COC(=O)CC(=O)OCc1ccc([N+](=O)[O-])cc1. The lowest BCUT2D eigenvalue weighted by Crippen LogP contribution is -2.12. The third kappa shape index (κ3) is 4.20. The van der Waals surface area contributed by atoms with E-state index in [9.17, 15) is 19.7 Å². The van der Waals surface area contributed by atoms with Gasteiger partial charge in [-0.25, -0.2) is 0 Å². The molecule has 0 atom stereocenters. The van der Waals surface area contributed by atoms with Crippen molar-refractivity contribution in [2.24, 2.45) is 0 Å². The topological polar surface area (TPSA) is 95.7 Å². The van der Waals surface area contributed by atoms with Crippen molar-refractivity contribution in [3.05, 3.63) is 39.9 Å². The van der Waals surface area contributed by atoms with Gasteiger partial charge in [0.1, 0.15) is 13.0 Å². The molecule has 96 valence electrons. The summed E-state index contributed by atoms with van der Waals surface area (Å²) in [7, 11) is 1.17. The van der Waals surface area contributed by atoms with E-state index >= 15 is 0 Å². The highest BCUT2D eigenvalue weighted by Crippen LogP contribution is 2.12. The molecule has 0 saturated heterocycles. The molecule has 0 unspecified atom stereocenters. The van der Waals surface area contributed by atoms with Crippen LogP contribution < -0.4 is 0 Å². The second-order valence-corrected chi connectivity index (χ2v) is 3.34. The molecule has 0 fully saturated rings. The molecule has 0 spiro atoms. The molecule has 18 heavy (non-hydrogen) atoms. The number of benzene rings is 1. The van der Waals surface area contributed by atoms with Crippen LogP contribution in [0.25, 0.3) is 0 Å². The molecule has 7 nitrogen and oxygen atoms in total. The van der Waals surface area contributed by atoms with Gasteiger partial charge in [-0.15, -0.1) is 0 Å². The second kappa shape index (κ2) is 6.33. The fourth-order valence-electron chi connectivity index (χ4n) is 1.12. The number of esters is 2. The van der Waals surface area contributed by atoms with E-state index in [2.05, 4.69) is 4.74 Å². The van der Waals surface area contributed by atoms with E-state index in [4.69, 9.17) is 4.74 Å². The number of nitro groups is 1. The van der Waals surface area contributed by atoms with Gasteiger partial charge in [0.05, 0.1) is 12.0 Å². The van der Waals surface area contributed by atoms with Gasteiger partial charge in [0.2, 0.25) is 0 Å². The molecule has 0 saturated carbocycles. The van der Waals surface area contributed by atoms with Crippen molar-refractivity contribution in [3.63, 3.8) is 0 Å². The Morgan fingerprint density at radius 1 is 1.22 bits per heavy atom. The molecular formula is C11H11NO6. The van der Waals surface area contributed by atoms with Crippen LogP contribution in [-0.4, -0.2) is 24.0 Å². The summed E-state index contributed by atoms with van der Waals surface area (Å²) in [5.74, 6) is -1.39. The van der Waals surface area contributed by atoms with E-state index < -0.39 is 23.3 Å². The van der Waals surface area contributed by atoms with E-state index in [0.29, 0.717) is 5.56 Å².